The van der Waals surface area contributed by atoms with Crippen molar-refractivity contribution in [2.45, 2.75) is 110 Å². The molecule has 0 saturated carbocycles. The molecule has 4 nitrogen and oxygen atoms in total. The van der Waals surface area contributed by atoms with E-state index in [2.05, 4.69) is 13.8 Å². The Bertz CT molecular complexity index is 344. The molecular formula is C19H38MgO4. The second kappa shape index (κ2) is 16.2. The molecule has 0 aliphatic carbocycles. The fourth-order valence-corrected chi connectivity index (χ4v) is 2.84. The number of aliphatic carboxylic acids is 1. The minimum atomic E-state index is -1.13. The van der Waals surface area contributed by atoms with Crippen molar-refractivity contribution in [2.24, 2.45) is 0 Å². The number of hydrogen-bond acceptors (Lipinski definition) is 3. The summed E-state index contributed by atoms with van der Waals surface area (Å²) in [6.45, 7) is 6.28. The third-order valence-corrected chi connectivity index (χ3v) is 4.27. The Morgan fingerprint density at radius 3 is 1.83 bits per heavy atom. The summed E-state index contributed by atoms with van der Waals surface area (Å²) in [6, 6.07) is 0. The third kappa shape index (κ3) is 15.2. The van der Waals surface area contributed by atoms with Gasteiger partial charge in [-0.25, -0.2) is 0 Å². The van der Waals surface area contributed by atoms with Crippen molar-refractivity contribution in [3.8, 4) is 0 Å². The molecule has 1 atom stereocenters. The van der Waals surface area contributed by atoms with E-state index in [4.69, 9.17) is 9.84 Å². The Kier molecular flexibility index (Phi) is 17.5. The number of carboxylic acids is 1. The van der Waals surface area contributed by atoms with Crippen LogP contribution < -0.4 is 0 Å². The number of carboxylic acid groups (broad SMARTS) is 1. The zero-order valence-electron chi connectivity index (χ0n) is 18.1. The summed E-state index contributed by atoms with van der Waals surface area (Å²) in [5, 5.41) is 8.69. The Labute approximate surface area is 167 Å². The molecule has 0 amide bonds. The Morgan fingerprint density at radius 2 is 1.33 bits per heavy atom. The topological polar surface area (TPSA) is 63.6 Å². The van der Waals surface area contributed by atoms with E-state index in [-0.39, 0.29) is 25.9 Å². The molecule has 0 rings (SSSR count). The monoisotopic (exact) mass is 354 g/mol. The van der Waals surface area contributed by atoms with Crippen LogP contribution in [0, 0.1) is 0 Å². The number of carbonyl (C=O) groups excluding carboxylic acids is 1. The maximum Gasteiger partial charge on any atom is 2.00 e. The van der Waals surface area contributed by atoms with Crippen molar-refractivity contribution in [3.63, 3.8) is 0 Å². The fourth-order valence-electron chi connectivity index (χ4n) is 2.84. The average molecular weight is 355 g/mol. The van der Waals surface area contributed by atoms with Crippen LogP contribution in [-0.2, 0) is 14.3 Å². The van der Waals surface area contributed by atoms with E-state index < -0.39 is 24.0 Å². The Balaban J connectivity index is -0.000000807. The summed E-state index contributed by atoms with van der Waals surface area (Å²) in [6.07, 6.45) is 13.1. The van der Waals surface area contributed by atoms with Gasteiger partial charge in [0.2, 0.25) is 0 Å². The van der Waals surface area contributed by atoms with Gasteiger partial charge in [-0.15, -0.1) is 0 Å². The quantitative estimate of drug-likeness (QED) is 0.187. The van der Waals surface area contributed by atoms with Crippen molar-refractivity contribution >= 4 is 35.0 Å². The van der Waals surface area contributed by atoms with Gasteiger partial charge in [-0.05, 0) is 32.6 Å². The number of hydrogen-bond donors (Lipinski definition) is 1. The van der Waals surface area contributed by atoms with Gasteiger partial charge in [-0.3, -0.25) is 9.59 Å². The van der Waals surface area contributed by atoms with Gasteiger partial charge in [0.05, 0.1) is 0 Å². The van der Waals surface area contributed by atoms with Crippen LogP contribution in [0.1, 0.15) is 107 Å². The van der Waals surface area contributed by atoms with E-state index in [1.54, 1.807) is 0 Å². The van der Waals surface area contributed by atoms with E-state index >= 15 is 0 Å². The van der Waals surface area contributed by atoms with Crippen molar-refractivity contribution in [2.75, 3.05) is 0 Å². The molecule has 0 aromatic carbocycles. The summed E-state index contributed by atoms with van der Waals surface area (Å²) < 4.78 is 5.49. The molecular weight excluding hydrogens is 317 g/mol. The minimum Gasteiger partial charge on any atom is -1.00 e. The maximum absolute atomic E-state index is 11.7. The fraction of sp³-hybridized carbons (Fsp3) is 0.895. The standard InChI is InChI=1S/C19H36O4.Mg.2H/c1-4-6-8-9-10-11-12-13-15-19(3,14-7-5-2)23-18(22)16-17(20)21;;;/h4-16H2,1-3H3,(H,20,21);;;/q;+2;2*-1. The first kappa shape index (κ1) is 25.9. The number of esters is 1. The third-order valence-electron chi connectivity index (χ3n) is 4.27. The Morgan fingerprint density at radius 1 is 0.875 bits per heavy atom. The van der Waals surface area contributed by atoms with Crippen molar-refractivity contribution < 1.29 is 22.3 Å². The predicted molar refractivity (Wildman–Crippen MR) is 101 cm³/mol. The van der Waals surface area contributed by atoms with Gasteiger partial charge in [0.15, 0.2) is 0 Å². The first-order valence-corrected chi connectivity index (χ1v) is 9.37. The molecule has 0 aliphatic heterocycles. The number of ether oxygens (including phenoxy) is 1. The zero-order valence-corrected chi connectivity index (χ0v) is 17.5. The molecule has 0 aromatic rings. The first-order valence-electron chi connectivity index (χ1n) is 9.37. The van der Waals surface area contributed by atoms with E-state index in [0.29, 0.717) is 0 Å². The molecule has 0 heterocycles. The normalized spacial score (nSPS) is 13.0. The smallest absolute Gasteiger partial charge is 1.00 e. The van der Waals surface area contributed by atoms with Crippen LogP contribution in [0.5, 0.6) is 0 Å². The number of unbranched alkanes of at least 4 members (excludes halogenated alkanes) is 8. The zero-order chi connectivity index (χ0) is 17.6. The molecule has 0 saturated heterocycles. The van der Waals surface area contributed by atoms with Gasteiger partial charge >= 0.3 is 35.0 Å². The largest absolute Gasteiger partial charge is 2.00 e. The summed E-state index contributed by atoms with van der Waals surface area (Å²) >= 11 is 0. The van der Waals surface area contributed by atoms with Gasteiger partial charge in [-0.1, -0.05) is 65.2 Å². The summed E-state index contributed by atoms with van der Waals surface area (Å²) in [4.78, 5) is 22.3. The van der Waals surface area contributed by atoms with E-state index in [1.165, 1.54) is 38.5 Å². The summed E-state index contributed by atoms with van der Waals surface area (Å²) in [7, 11) is 0. The minimum absolute atomic E-state index is 0. The predicted octanol–water partition coefficient (Wildman–Crippen LogP) is 5.33. The number of carbonyl (C=O) groups is 2. The van der Waals surface area contributed by atoms with Crippen molar-refractivity contribution in [3.05, 3.63) is 0 Å². The number of rotatable bonds is 15. The molecule has 0 bridgehead atoms. The van der Waals surface area contributed by atoms with E-state index in [9.17, 15) is 9.59 Å². The Hall–Kier alpha value is -0.294. The van der Waals surface area contributed by atoms with Crippen LogP contribution in [-0.4, -0.2) is 45.7 Å². The first-order chi connectivity index (χ1) is 10.9. The molecule has 24 heavy (non-hydrogen) atoms. The molecule has 140 valence electrons. The van der Waals surface area contributed by atoms with Gasteiger partial charge in [-0.2, -0.15) is 0 Å². The molecule has 1 N–H and O–H groups in total. The van der Waals surface area contributed by atoms with Crippen LogP contribution in [0.25, 0.3) is 0 Å². The van der Waals surface area contributed by atoms with Gasteiger partial charge in [0, 0.05) is 0 Å². The van der Waals surface area contributed by atoms with E-state index in [1.807, 2.05) is 6.92 Å². The second-order valence-corrected chi connectivity index (χ2v) is 6.82. The average Bonchev–Trinajstić information content (AvgIpc) is 2.47. The molecule has 0 aromatic heterocycles. The van der Waals surface area contributed by atoms with Crippen molar-refractivity contribution in [1.82, 2.24) is 0 Å². The second-order valence-electron chi connectivity index (χ2n) is 6.82. The van der Waals surface area contributed by atoms with Crippen LogP contribution in [0.15, 0.2) is 0 Å². The van der Waals surface area contributed by atoms with Crippen LogP contribution in [0.4, 0.5) is 0 Å². The van der Waals surface area contributed by atoms with Gasteiger partial charge in [0.1, 0.15) is 12.0 Å². The van der Waals surface area contributed by atoms with Crippen LogP contribution >= 0.6 is 0 Å². The maximum atomic E-state index is 11.7. The van der Waals surface area contributed by atoms with Crippen LogP contribution in [0.2, 0.25) is 0 Å². The molecule has 5 heteroatoms. The van der Waals surface area contributed by atoms with E-state index in [0.717, 1.165) is 38.5 Å². The van der Waals surface area contributed by atoms with Gasteiger partial charge in [0.25, 0.3) is 0 Å². The molecule has 0 fully saturated rings. The molecule has 1 unspecified atom stereocenters. The summed E-state index contributed by atoms with van der Waals surface area (Å²) in [5.74, 6) is -1.74. The van der Waals surface area contributed by atoms with Gasteiger partial charge < -0.3 is 12.7 Å². The summed E-state index contributed by atoms with van der Waals surface area (Å²) in [5.41, 5.74) is -0.509. The van der Waals surface area contributed by atoms with Crippen LogP contribution in [0.3, 0.4) is 0 Å². The van der Waals surface area contributed by atoms with Crippen molar-refractivity contribution in [1.29, 1.82) is 0 Å². The molecule has 0 spiro atoms. The SMILES string of the molecule is CCCCCCCCCCC(C)(CCCC)OC(=O)CC(=O)O.[H-].[H-].[Mg+2]. The molecule has 0 radical (unpaired) electrons. The molecule has 0 aliphatic rings.